The van der Waals surface area contributed by atoms with E-state index in [0.717, 1.165) is 19.5 Å². The van der Waals surface area contributed by atoms with Crippen LogP contribution in [0.3, 0.4) is 0 Å². The Balaban J connectivity index is 1.60. The number of rotatable bonds is 5. The van der Waals surface area contributed by atoms with Crippen LogP contribution in [0.15, 0.2) is 10.9 Å². The summed E-state index contributed by atoms with van der Waals surface area (Å²) in [4.78, 5) is 15.4. The van der Waals surface area contributed by atoms with Crippen LogP contribution in [0, 0.1) is 5.92 Å². The predicted molar refractivity (Wildman–Crippen MR) is 56.6 cm³/mol. The van der Waals surface area contributed by atoms with E-state index in [4.69, 9.17) is 0 Å². The molecule has 1 amide bonds. The Morgan fingerprint density at radius 2 is 2.62 bits per heavy atom. The molecule has 1 saturated heterocycles. The maximum atomic E-state index is 11.5. The largest absolute Gasteiger partial charge is 0.356 e. The second kappa shape index (κ2) is 5.60. The monoisotopic (exact) mass is 224 g/mol. The van der Waals surface area contributed by atoms with Crippen molar-refractivity contribution in [2.24, 2.45) is 5.92 Å². The smallest absolute Gasteiger partial charge is 0.220 e. The highest BCUT2D eigenvalue weighted by Gasteiger charge is 2.17. The maximum Gasteiger partial charge on any atom is 0.220 e. The molecule has 1 aromatic rings. The Kier molecular flexibility index (Phi) is 3.87. The zero-order valence-electron chi connectivity index (χ0n) is 9.11. The fourth-order valence-corrected chi connectivity index (χ4v) is 1.84. The van der Waals surface area contributed by atoms with Crippen LogP contribution in [0.2, 0.25) is 0 Å². The van der Waals surface area contributed by atoms with Gasteiger partial charge in [0.05, 0.1) is 0 Å². The van der Waals surface area contributed by atoms with E-state index in [2.05, 4.69) is 25.3 Å². The molecule has 0 bridgehead atoms. The van der Waals surface area contributed by atoms with E-state index >= 15 is 0 Å². The highest BCUT2D eigenvalue weighted by molar-refractivity contribution is 5.76. The van der Waals surface area contributed by atoms with Crippen molar-refractivity contribution in [3.05, 3.63) is 12.2 Å². The molecule has 16 heavy (non-hydrogen) atoms. The first kappa shape index (κ1) is 11.1. The molecule has 1 atom stereocenters. The van der Waals surface area contributed by atoms with Gasteiger partial charge in [0.15, 0.2) is 5.82 Å². The molecule has 1 aliphatic heterocycles. The molecular formula is C10H16N4O2. The molecule has 2 rings (SSSR count). The lowest BCUT2D eigenvalue weighted by Gasteiger charge is -2.07. The summed E-state index contributed by atoms with van der Waals surface area (Å²) in [5, 5.41) is 9.77. The van der Waals surface area contributed by atoms with E-state index in [1.165, 1.54) is 6.39 Å². The fraction of sp³-hybridized carbons (Fsp3) is 0.700. The van der Waals surface area contributed by atoms with Gasteiger partial charge in [-0.05, 0) is 25.4 Å². The summed E-state index contributed by atoms with van der Waals surface area (Å²) >= 11 is 0. The predicted octanol–water partition coefficient (Wildman–Crippen LogP) is -0.272. The molecule has 1 fully saturated rings. The number of hydrogen-bond donors (Lipinski definition) is 2. The van der Waals surface area contributed by atoms with Gasteiger partial charge in [-0.1, -0.05) is 5.16 Å². The lowest BCUT2D eigenvalue weighted by Crippen LogP contribution is -2.28. The Morgan fingerprint density at radius 3 is 3.31 bits per heavy atom. The third-order valence-corrected chi connectivity index (χ3v) is 2.71. The Labute approximate surface area is 93.8 Å². The number of carbonyl (C=O) groups is 1. The van der Waals surface area contributed by atoms with Gasteiger partial charge in [-0.15, -0.1) is 0 Å². The molecule has 0 radical (unpaired) electrons. The minimum Gasteiger partial charge on any atom is -0.356 e. The first-order chi connectivity index (χ1) is 7.84. The van der Waals surface area contributed by atoms with Crippen molar-refractivity contribution in [1.82, 2.24) is 20.8 Å². The lowest BCUT2D eigenvalue weighted by atomic mass is 10.0. The highest BCUT2D eigenvalue weighted by Crippen LogP contribution is 2.11. The first-order valence-electron chi connectivity index (χ1n) is 5.57. The maximum absolute atomic E-state index is 11.5. The molecular weight excluding hydrogens is 208 g/mol. The topological polar surface area (TPSA) is 80.0 Å². The Hall–Kier alpha value is -1.43. The van der Waals surface area contributed by atoms with Crippen LogP contribution in [0.1, 0.15) is 18.7 Å². The third kappa shape index (κ3) is 3.30. The summed E-state index contributed by atoms with van der Waals surface area (Å²) in [6, 6.07) is 0. The Bertz CT molecular complexity index is 320. The molecule has 2 N–H and O–H groups in total. The van der Waals surface area contributed by atoms with Gasteiger partial charge in [-0.25, -0.2) is 0 Å². The van der Waals surface area contributed by atoms with Gasteiger partial charge >= 0.3 is 0 Å². The van der Waals surface area contributed by atoms with Crippen LogP contribution in [-0.2, 0) is 11.2 Å². The fourth-order valence-electron chi connectivity index (χ4n) is 1.84. The standard InChI is InChI=1S/C10H16N4O2/c15-10(5-8-1-3-11-6-8)12-4-2-9-13-7-16-14-9/h7-8,11H,1-6H2,(H,12,15). The minimum absolute atomic E-state index is 0.109. The molecule has 6 heteroatoms. The van der Waals surface area contributed by atoms with Gasteiger partial charge in [0.2, 0.25) is 12.3 Å². The normalized spacial score (nSPS) is 19.9. The first-order valence-corrected chi connectivity index (χ1v) is 5.57. The van der Waals surface area contributed by atoms with Crippen LogP contribution in [0.5, 0.6) is 0 Å². The van der Waals surface area contributed by atoms with E-state index in [1.807, 2.05) is 0 Å². The van der Waals surface area contributed by atoms with Gasteiger partial charge in [0.25, 0.3) is 0 Å². The SMILES string of the molecule is O=C(CC1CCNC1)NCCc1ncon1. The summed E-state index contributed by atoms with van der Waals surface area (Å²) in [5.41, 5.74) is 0. The molecule has 6 nitrogen and oxygen atoms in total. The number of carbonyl (C=O) groups excluding carboxylic acids is 1. The van der Waals surface area contributed by atoms with Crippen LogP contribution < -0.4 is 10.6 Å². The van der Waals surface area contributed by atoms with Crippen LogP contribution in [-0.4, -0.2) is 35.7 Å². The number of nitrogens with one attached hydrogen (secondary N) is 2. The van der Waals surface area contributed by atoms with Crippen LogP contribution in [0.4, 0.5) is 0 Å². The number of aromatic nitrogens is 2. The number of hydrogen-bond acceptors (Lipinski definition) is 5. The van der Waals surface area contributed by atoms with E-state index in [9.17, 15) is 4.79 Å². The van der Waals surface area contributed by atoms with Gasteiger partial charge in [0, 0.05) is 19.4 Å². The summed E-state index contributed by atoms with van der Waals surface area (Å²) in [6.07, 6.45) is 3.62. The van der Waals surface area contributed by atoms with Gasteiger partial charge in [-0.2, -0.15) is 4.98 Å². The molecule has 2 heterocycles. The number of amides is 1. The average molecular weight is 224 g/mol. The summed E-state index contributed by atoms with van der Waals surface area (Å²) in [6.45, 7) is 2.55. The van der Waals surface area contributed by atoms with E-state index in [0.29, 0.717) is 31.1 Å². The second-order valence-corrected chi connectivity index (χ2v) is 4.01. The zero-order chi connectivity index (χ0) is 11.2. The molecule has 0 spiro atoms. The second-order valence-electron chi connectivity index (χ2n) is 4.01. The molecule has 0 aliphatic carbocycles. The Morgan fingerprint density at radius 1 is 1.69 bits per heavy atom. The van der Waals surface area contributed by atoms with Crippen molar-refractivity contribution in [3.63, 3.8) is 0 Å². The molecule has 1 unspecified atom stereocenters. The van der Waals surface area contributed by atoms with E-state index < -0.39 is 0 Å². The van der Waals surface area contributed by atoms with Crippen molar-refractivity contribution < 1.29 is 9.32 Å². The zero-order valence-corrected chi connectivity index (χ0v) is 9.11. The van der Waals surface area contributed by atoms with Crippen molar-refractivity contribution >= 4 is 5.91 Å². The summed E-state index contributed by atoms with van der Waals surface area (Å²) in [7, 11) is 0. The lowest BCUT2D eigenvalue weighted by molar-refractivity contribution is -0.121. The van der Waals surface area contributed by atoms with Crippen molar-refractivity contribution in [2.45, 2.75) is 19.3 Å². The minimum atomic E-state index is 0.109. The van der Waals surface area contributed by atoms with Crippen LogP contribution >= 0.6 is 0 Å². The highest BCUT2D eigenvalue weighted by atomic mass is 16.5. The molecule has 0 aromatic carbocycles. The van der Waals surface area contributed by atoms with Gasteiger partial charge in [-0.3, -0.25) is 4.79 Å². The molecule has 0 saturated carbocycles. The summed E-state index contributed by atoms with van der Waals surface area (Å²) < 4.78 is 4.60. The summed E-state index contributed by atoms with van der Waals surface area (Å²) in [5.74, 6) is 1.23. The van der Waals surface area contributed by atoms with Crippen molar-refractivity contribution in [1.29, 1.82) is 0 Å². The quantitative estimate of drug-likeness (QED) is 0.719. The van der Waals surface area contributed by atoms with E-state index in [-0.39, 0.29) is 5.91 Å². The molecule has 88 valence electrons. The van der Waals surface area contributed by atoms with E-state index in [1.54, 1.807) is 0 Å². The van der Waals surface area contributed by atoms with Crippen molar-refractivity contribution in [2.75, 3.05) is 19.6 Å². The van der Waals surface area contributed by atoms with Gasteiger partial charge < -0.3 is 15.2 Å². The molecule has 1 aromatic heterocycles. The average Bonchev–Trinajstić information content (AvgIpc) is 2.90. The molecule has 1 aliphatic rings. The van der Waals surface area contributed by atoms with Crippen molar-refractivity contribution in [3.8, 4) is 0 Å². The van der Waals surface area contributed by atoms with Gasteiger partial charge in [0.1, 0.15) is 0 Å². The third-order valence-electron chi connectivity index (χ3n) is 2.71. The number of nitrogens with zero attached hydrogens (tertiary/aromatic N) is 2. The van der Waals surface area contributed by atoms with Crippen LogP contribution in [0.25, 0.3) is 0 Å².